The van der Waals surface area contributed by atoms with Crippen LogP contribution in [0.3, 0.4) is 0 Å². The number of carbonyl (C=O) groups is 1. The van der Waals surface area contributed by atoms with Crippen molar-refractivity contribution in [3.63, 3.8) is 0 Å². The Morgan fingerprint density at radius 2 is 2.17 bits per heavy atom. The smallest absolute Gasteiger partial charge is 0.333 e. The molecule has 0 unspecified atom stereocenters. The van der Waals surface area contributed by atoms with Crippen molar-refractivity contribution >= 4 is 17.5 Å². The Morgan fingerprint density at radius 1 is 1.61 bits per heavy atom. The molecule has 0 amide bonds. The second-order valence-electron chi connectivity index (χ2n) is 4.71. The zero-order valence-electron chi connectivity index (χ0n) is 10.7. The minimum atomic E-state index is -1.02. The van der Waals surface area contributed by atoms with Crippen molar-refractivity contribution in [1.29, 1.82) is 0 Å². The minimum absolute atomic E-state index is 0.0716. The van der Waals surface area contributed by atoms with Gasteiger partial charge in [0, 0.05) is 13.6 Å². The van der Waals surface area contributed by atoms with E-state index in [1.807, 2.05) is 0 Å². The van der Waals surface area contributed by atoms with Gasteiger partial charge >= 0.3 is 11.7 Å². The van der Waals surface area contributed by atoms with Gasteiger partial charge in [-0.1, -0.05) is 0 Å². The topological polar surface area (TPSA) is 110 Å². The van der Waals surface area contributed by atoms with E-state index in [9.17, 15) is 14.9 Å². The molecule has 8 heteroatoms. The van der Waals surface area contributed by atoms with Gasteiger partial charge in [0.1, 0.15) is 5.69 Å². The van der Waals surface area contributed by atoms with Crippen molar-refractivity contribution in [2.24, 2.45) is 12.5 Å². The number of anilines is 1. The molecule has 0 aliphatic heterocycles. The summed E-state index contributed by atoms with van der Waals surface area (Å²) in [6.07, 6.45) is 0. The molecule has 0 fully saturated rings. The molecule has 2 N–H and O–H groups in total. The number of hydrogen-bond acceptors (Lipinski definition) is 5. The average molecular weight is 256 g/mol. The zero-order valence-corrected chi connectivity index (χ0v) is 10.7. The highest BCUT2D eigenvalue weighted by molar-refractivity contribution is 5.74. The first-order valence-corrected chi connectivity index (χ1v) is 5.32. The van der Waals surface area contributed by atoms with E-state index in [1.54, 1.807) is 7.05 Å². The summed E-state index contributed by atoms with van der Waals surface area (Å²) in [4.78, 5) is 21.3. The van der Waals surface area contributed by atoms with Gasteiger partial charge in [-0.25, -0.2) is 4.68 Å². The molecule has 1 rings (SSSR count). The predicted molar refractivity (Wildman–Crippen MR) is 64.5 cm³/mol. The van der Waals surface area contributed by atoms with Crippen LogP contribution in [-0.4, -0.2) is 32.3 Å². The highest BCUT2D eigenvalue weighted by Gasteiger charge is 2.30. The van der Waals surface area contributed by atoms with Crippen LogP contribution in [0.1, 0.15) is 19.5 Å². The molecule has 0 aliphatic rings. The maximum Gasteiger partial charge on any atom is 0.333 e. The lowest BCUT2D eigenvalue weighted by molar-refractivity contribution is -0.384. The van der Waals surface area contributed by atoms with E-state index in [4.69, 9.17) is 5.11 Å². The summed E-state index contributed by atoms with van der Waals surface area (Å²) in [5.41, 5.74) is -0.858. The third kappa shape index (κ3) is 2.58. The minimum Gasteiger partial charge on any atom is -0.481 e. The molecule has 0 aliphatic carbocycles. The lowest BCUT2D eigenvalue weighted by atomic mass is 9.94. The highest BCUT2D eigenvalue weighted by atomic mass is 16.6. The molecule has 1 aromatic heterocycles. The first-order valence-electron chi connectivity index (χ1n) is 5.32. The molecule has 100 valence electrons. The predicted octanol–water partition coefficient (Wildman–Crippen LogP) is 1.16. The normalized spacial score (nSPS) is 11.3. The van der Waals surface area contributed by atoms with Crippen LogP contribution in [0.2, 0.25) is 0 Å². The molecule has 0 saturated heterocycles. The first kappa shape index (κ1) is 13.9. The van der Waals surface area contributed by atoms with Gasteiger partial charge in [-0.3, -0.25) is 14.9 Å². The molecule has 0 radical (unpaired) electrons. The molecular weight excluding hydrogens is 240 g/mol. The maximum absolute atomic E-state index is 11.0. The highest BCUT2D eigenvalue weighted by Crippen LogP contribution is 2.28. The fourth-order valence-corrected chi connectivity index (χ4v) is 1.44. The molecule has 18 heavy (non-hydrogen) atoms. The van der Waals surface area contributed by atoms with Gasteiger partial charge in [-0.2, -0.15) is 5.10 Å². The average Bonchev–Trinajstić information content (AvgIpc) is 2.50. The monoisotopic (exact) mass is 256 g/mol. The van der Waals surface area contributed by atoms with Crippen LogP contribution < -0.4 is 5.32 Å². The van der Waals surface area contributed by atoms with Crippen molar-refractivity contribution in [2.45, 2.75) is 20.8 Å². The maximum atomic E-state index is 11.0. The molecule has 0 aromatic carbocycles. The summed E-state index contributed by atoms with van der Waals surface area (Å²) in [6.45, 7) is 4.68. The Kier molecular flexibility index (Phi) is 3.59. The van der Waals surface area contributed by atoms with E-state index in [0.29, 0.717) is 0 Å². The number of aliphatic carboxylic acids is 1. The molecule has 1 aromatic rings. The molecule has 0 spiro atoms. The summed E-state index contributed by atoms with van der Waals surface area (Å²) in [5, 5.41) is 26.6. The van der Waals surface area contributed by atoms with Crippen molar-refractivity contribution in [1.82, 2.24) is 9.78 Å². The van der Waals surface area contributed by atoms with Crippen molar-refractivity contribution in [3.8, 4) is 0 Å². The third-order valence-corrected chi connectivity index (χ3v) is 2.65. The number of nitrogens with one attached hydrogen (secondary N) is 1. The number of nitro groups is 1. The van der Waals surface area contributed by atoms with E-state index in [0.717, 1.165) is 0 Å². The van der Waals surface area contributed by atoms with Crippen LogP contribution in [0.4, 0.5) is 11.5 Å². The largest absolute Gasteiger partial charge is 0.481 e. The van der Waals surface area contributed by atoms with Crippen LogP contribution in [0.5, 0.6) is 0 Å². The van der Waals surface area contributed by atoms with Crippen molar-refractivity contribution < 1.29 is 14.8 Å². The zero-order chi connectivity index (χ0) is 14.1. The SMILES string of the molecule is Cc1nn(C)c(NCC(C)(C)C(=O)O)c1[N+](=O)[O-]. The summed E-state index contributed by atoms with van der Waals surface area (Å²) >= 11 is 0. The van der Waals surface area contributed by atoms with Gasteiger partial charge in [-0.15, -0.1) is 0 Å². The number of rotatable bonds is 5. The molecule has 8 nitrogen and oxygen atoms in total. The van der Waals surface area contributed by atoms with E-state index < -0.39 is 16.3 Å². The van der Waals surface area contributed by atoms with E-state index in [1.165, 1.54) is 25.5 Å². The fraction of sp³-hybridized carbons (Fsp3) is 0.600. The van der Waals surface area contributed by atoms with Crippen molar-refractivity contribution in [3.05, 3.63) is 15.8 Å². The summed E-state index contributed by atoms with van der Waals surface area (Å²) in [5.74, 6) is -0.761. The number of nitrogens with zero attached hydrogens (tertiary/aromatic N) is 3. The van der Waals surface area contributed by atoms with Gasteiger partial charge in [0.2, 0.25) is 5.82 Å². The van der Waals surface area contributed by atoms with Crippen LogP contribution in [0, 0.1) is 22.5 Å². The molecule has 0 atom stereocenters. The fourth-order valence-electron chi connectivity index (χ4n) is 1.44. The third-order valence-electron chi connectivity index (χ3n) is 2.65. The molecular formula is C10H16N4O4. The Labute approximate surface area is 104 Å². The van der Waals surface area contributed by atoms with Crippen LogP contribution in [0.15, 0.2) is 0 Å². The number of aryl methyl sites for hydroxylation is 2. The second-order valence-corrected chi connectivity index (χ2v) is 4.71. The second kappa shape index (κ2) is 4.63. The van der Waals surface area contributed by atoms with Gasteiger partial charge in [0.05, 0.1) is 10.3 Å². The van der Waals surface area contributed by atoms with Gasteiger partial charge < -0.3 is 10.4 Å². The quantitative estimate of drug-likeness (QED) is 0.604. The standard InChI is InChI=1S/C10H16N4O4/c1-6-7(14(17)18)8(13(4)12-6)11-5-10(2,3)9(15)16/h11H,5H2,1-4H3,(H,15,16). The number of carboxylic acids is 1. The Hall–Kier alpha value is -2.12. The summed E-state index contributed by atoms with van der Waals surface area (Å²) < 4.78 is 1.34. The Morgan fingerprint density at radius 3 is 2.61 bits per heavy atom. The van der Waals surface area contributed by atoms with Crippen LogP contribution in [0.25, 0.3) is 0 Å². The summed E-state index contributed by atoms with van der Waals surface area (Å²) in [7, 11) is 1.57. The summed E-state index contributed by atoms with van der Waals surface area (Å²) in [6, 6.07) is 0. The lowest BCUT2D eigenvalue weighted by Gasteiger charge is -2.19. The van der Waals surface area contributed by atoms with Gasteiger partial charge in [-0.05, 0) is 20.8 Å². The van der Waals surface area contributed by atoms with Crippen LogP contribution >= 0.6 is 0 Å². The number of carboxylic acid groups (broad SMARTS) is 1. The molecule has 1 heterocycles. The number of hydrogen-bond donors (Lipinski definition) is 2. The van der Waals surface area contributed by atoms with E-state index >= 15 is 0 Å². The Balaban J connectivity index is 2.99. The Bertz CT molecular complexity index is 492. The van der Waals surface area contributed by atoms with Gasteiger partial charge in [0.15, 0.2) is 0 Å². The number of aromatic nitrogens is 2. The first-order chi connectivity index (χ1) is 8.16. The van der Waals surface area contributed by atoms with E-state index in [2.05, 4.69) is 10.4 Å². The molecule has 0 saturated carbocycles. The van der Waals surface area contributed by atoms with E-state index in [-0.39, 0.29) is 23.7 Å². The molecule has 0 bridgehead atoms. The van der Waals surface area contributed by atoms with Crippen LogP contribution in [-0.2, 0) is 11.8 Å². The lowest BCUT2D eigenvalue weighted by Crippen LogP contribution is -2.32. The van der Waals surface area contributed by atoms with Crippen molar-refractivity contribution in [2.75, 3.05) is 11.9 Å². The van der Waals surface area contributed by atoms with Gasteiger partial charge in [0.25, 0.3) is 0 Å².